The molecule has 3 heteroatoms. The van der Waals surface area contributed by atoms with Gasteiger partial charge < -0.3 is 4.74 Å². The van der Waals surface area contributed by atoms with E-state index in [0.29, 0.717) is 6.42 Å². The first-order valence-electron chi connectivity index (χ1n) is 2.48. The minimum absolute atomic E-state index is 0.102. The van der Waals surface area contributed by atoms with E-state index in [2.05, 4.69) is 4.74 Å². The van der Waals surface area contributed by atoms with Crippen molar-refractivity contribution in [3.8, 4) is 0 Å². The maximum atomic E-state index is 10.4. The first-order chi connectivity index (χ1) is 3.89. The van der Waals surface area contributed by atoms with Crippen molar-refractivity contribution in [1.82, 2.24) is 0 Å². The fourth-order valence-electron chi connectivity index (χ4n) is 0.473. The van der Waals surface area contributed by atoms with E-state index in [4.69, 9.17) is 0 Å². The smallest absolute Gasteiger partial charge is 0.307 e. The molecule has 0 unspecified atom stereocenters. The van der Waals surface area contributed by atoms with Gasteiger partial charge in [-0.2, -0.15) is 11.8 Å². The first kappa shape index (κ1) is 5.95. The van der Waals surface area contributed by atoms with Gasteiger partial charge in [-0.25, -0.2) is 0 Å². The number of carbonyl (C=O) groups excluding carboxylic acids is 1. The molecule has 1 radical (unpaired) electrons. The fraction of sp³-hybridized carbons (Fsp3) is 0.600. The summed E-state index contributed by atoms with van der Waals surface area (Å²) < 4.78 is 4.62. The molecule has 8 heavy (non-hydrogen) atoms. The quantitative estimate of drug-likeness (QED) is 0.455. The van der Waals surface area contributed by atoms with Crippen molar-refractivity contribution in [3.05, 3.63) is 6.61 Å². The molecule has 0 spiro atoms. The summed E-state index contributed by atoms with van der Waals surface area (Å²) in [7, 11) is 0. The Morgan fingerprint density at radius 1 is 1.75 bits per heavy atom. The molecule has 0 aliphatic carbocycles. The fourth-order valence-corrected chi connectivity index (χ4v) is 1.11. The SMILES string of the molecule is O=C1CCSC[CH]O1. The normalized spacial score (nSPS) is 21.8. The van der Waals surface area contributed by atoms with Crippen LogP contribution in [0, 0.1) is 6.61 Å². The summed E-state index contributed by atoms with van der Waals surface area (Å²) >= 11 is 1.72. The van der Waals surface area contributed by atoms with Crippen molar-refractivity contribution < 1.29 is 9.53 Å². The Bertz CT molecular complexity index is 82.4. The molecule has 45 valence electrons. The number of hydrogen-bond donors (Lipinski definition) is 0. The zero-order chi connectivity index (χ0) is 5.82. The van der Waals surface area contributed by atoms with Crippen LogP contribution in [0.15, 0.2) is 0 Å². The van der Waals surface area contributed by atoms with Gasteiger partial charge in [-0.05, 0) is 0 Å². The highest BCUT2D eigenvalue weighted by Gasteiger charge is 2.06. The third kappa shape index (κ3) is 1.74. The van der Waals surface area contributed by atoms with Crippen LogP contribution in [0.2, 0.25) is 0 Å². The number of carbonyl (C=O) groups is 1. The summed E-state index contributed by atoms with van der Waals surface area (Å²) in [5.41, 5.74) is 0. The first-order valence-corrected chi connectivity index (χ1v) is 3.64. The molecule has 1 heterocycles. The third-order valence-electron chi connectivity index (χ3n) is 0.851. The number of ether oxygens (including phenoxy) is 1. The van der Waals surface area contributed by atoms with E-state index in [1.807, 2.05) is 0 Å². The van der Waals surface area contributed by atoms with Gasteiger partial charge in [0.2, 0.25) is 0 Å². The van der Waals surface area contributed by atoms with E-state index >= 15 is 0 Å². The molecular formula is C5H7O2S. The zero-order valence-electron chi connectivity index (χ0n) is 4.42. The Morgan fingerprint density at radius 3 is 3.50 bits per heavy atom. The highest BCUT2D eigenvalue weighted by atomic mass is 32.2. The maximum Gasteiger partial charge on any atom is 0.307 e. The highest BCUT2D eigenvalue weighted by molar-refractivity contribution is 7.99. The average molecular weight is 131 g/mol. The van der Waals surface area contributed by atoms with E-state index in [-0.39, 0.29) is 5.97 Å². The third-order valence-corrected chi connectivity index (χ3v) is 1.72. The molecule has 0 bridgehead atoms. The Hall–Kier alpha value is -0.180. The molecule has 1 saturated heterocycles. The second-order valence-electron chi connectivity index (χ2n) is 1.48. The highest BCUT2D eigenvalue weighted by Crippen LogP contribution is 2.09. The monoisotopic (exact) mass is 131 g/mol. The van der Waals surface area contributed by atoms with Crippen LogP contribution in [0.1, 0.15) is 6.42 Å². The second-order valence-corrected chi connectivity index (χ2v) is 2.63. The van der Waals surface area contributed by atoms with Crippen molar-refractivity contribution in [2.75, 3.05) is 11.5 Å². The topological polar surface area (TPSA) is 26.3 Å². The van der Waals surface area contributed by atoms with Crippen LogP contribution in [0.4, 0.5) is 0 Å². The molecule has 1 aliphatic rings. The van der Waals surface area contributed by atoms with Gasteiger partial charge in [-0.1, -0.05) is 0 Å². The van der Waals surface area contributed by atoms with Gasteiger partial charge in [-0.3, -0.25) is 4.79 Å². The Labute approximate surface area is 52.6 Å². The van der Waals surface area contributed by atoms with Gasteiger partial charge in [0.15, 0.2) is 0 Å². The summed E-state index contributed by atoms with van der Waals surface area (Å²) in [4.78, 5) is 10.4. The lowest BCUT2D eigenvalue weighted by Gasteiger charge is -1.92. The van der Waals surface area contributed by atoms with Crippen LogP contribution in [-0.2, 0) is 9.53 Å². The van der Waals surface area contributed by atoms with Crippen molar-refractivity contribution in [2.45, 2.75) is 6.42 Å². The summed E-state index contributed by atoms with van der Waals surface area (Å²) in [6.45, 7) is 1.56. The van der Waals surface area contributed by atoms with Crippen molar-refractivity contribution in [3.63, 3.8) is 0 Å². The van der Waals surface area contributed by atoms with Gasteiger partial charge in [0.05, 0.1) is 6.42 Å². The van der Waals surface area contributed by atoms with E-state index in [1.165, 1.54) is 0 Å². The van der Waals surface area contributed by atoms with Crippen LogP contribution in [0.3, 0.4) is 0 Å². The molecule has 1 rings (SSSR count). The minimum atomic E-state index is -0.102. The van der Waals surface area contributed by atoms with Crippen LogP contribution >= 0.6 is 11.8 Å². The van der Waals surface area contributed by atoms with Gasteiger partial charge >= 0.3 is 5.97 Å². The molecule has 0 amide bonds. The molecule has 0 saturated carbocycles. The van der Waals surface area contributed by atoms with Gasteiger partial charge in [-0.15, -0.1) is 0 Å². The Balaban J connectivity index is 2.27. The summed E-state index contributed by atoms with van der Waals surface area (Å²) in [5.74, 6) is 1.64. The van der Waals surface area contributed by atoms with E-state index in [1.54, 1.807) is 18.4 Å². The lowest BCUT2D eigenvalue weighted by molar-refractivity contribution is -0.139. The number of thioether (sulfide) groups is 1. The molecule has 2 nitrogen and oxygen atoms in total. The standard InChI is InChI=1S/C5H7O2S/c6-5-1-3-8-4-2-7-5/h2H,1,3-4H2. The van der Waals surface area contributed by atoms with E-state index < -0.39 is 0 Å². The van der Waals surface area contributed by atoms with Gasteiger partial charge in [0, 0.05) is 11.5 Å². The molecule has 1 aliphatic heterocycles. The molecule has 0 atom stereocenters. The molecule has 0 aromatic carbocycles. The molecular weight excluding hydrogens is 124 g/mol. The van der Waals surface area contributed by atoms with E-state index in [0.717, 1.165) is 11.5 Å². The maximum absolute atomic E-state index is 10.4. The van der Waals surface area contributed by atoms with Crippen LogP contribution < -0.4 is 0 Å². The number of hydrogen-bond acceptors (Lipinski definition) is 3. The Kier molecular flexibility index (Phi) is 2.21. The predicted octanol–water partition coefficient (Wildman–Crippen LogP) is 0.828. The summed E-state index contributed by atoms with van der Waals surface area (Å²) in [6.07, 6.45) is 0.557. The van der Waals surface area contributed by atoms with Crippen molar-refractivity contribution in [1.29, 1.82) is 0 Å². The number of esters is 1. The lowest BCUT2D eigenvalue weighted by Crippen LogP contribution is -1.99. The van der Waals surface area contributed by atoms with E-state index in [9.17, 15) is 4.79 Å². The van der Waals surface area contributed by atoms with Crippen molar-refractivity contribution in [2.24, 2.45) is 0 Å². The van der Waals surface area contributed by atoms with Crippen molar-refractivity contribution >= 4 is 17.7 Å². The zero-order valence-corrected chi connectivity index (χ0v) is 5.24. The Morgan fingerprint density at radius 2 is 2.62 bits per heavy atom. The summed E-state index contributed by atoms with van der Waals surface area (Å²) in [6, 6.07) is 0. The molecule has 1 fully saturated rings. The van der Waals surface area contributed by atoms with Crippen LogP contribution in [-0.4, -0.2) is 17.5 Å². The van der Waals surface area contributed by atoms with Crippen LogP contribution in [0.5, 0.6) is 0 Å². The predicted molar refractivity (Wildman–Crippen MR) is 32.3 cm³/mol. The second kappa shape index (κ2) is 2.97. The molecule has 0 aromatic heterocycles. The van der Waals surface area contributed by atoms with Gasteiger partial charge in [0.25, 0.3) is 0 Å². The van der Waals surface area contributed by atoms with Gasteiger partial charge in [0.1, 0.15) is 6.61 Å². The summed E-state index contributed by atoms with van der Waals surface area (Å²) in [5, 5.41) is 0. The van der Waals surface area contributed by atoms with Crippen LogP contribution in [0.25, 0.3) is 0 Å². The lowest BCUT2D eigenvalue weighted by atomic mass is 10.5. The molecule has 0 N–H and O–H groups in total. The largest absolute Gasteiger partial charge is 0.457 e. The molecule has 0 aromatic rings. The minimum Gasteiger partial charge on any atom is -0.457 e. The number of rotatable bonds is 0. The number of cyclic esters (lactones) is 1. The average Bonchev–Trinajstić information content (AvgIpc) is 1.94.